The molecular weight excluding hydrogens is 208 g/mol. The number of aliphatic carboxylic acids is 1. The van der Waals surface area contributed by atoms with Crippen molar-refractivity contribution in [1.29, 1.82) is 0 Å². The second-order valence-corrected chi connectivity index (χ2v) is 4.18. The molecule has 0 aliphatic rings. The zero-order valence-corrected chi connectivity index (χ0v) is 10.4. The van der Waals surface area contributed by atoms with Gasteiger partial charge in [-0.05, 0) is 18.8 Å². The van der Waals surface area contributed by atoms with Crippen LogP contribution < -0.4 is 10.6 Å². The molecule has 16 heavy (non-hydrogen) atoms. The number of carbonyl (C=O) groups excluding carboxylic acids is 1. The van der Waals surface area contributed by atoms with Gasteiger partial charge in [-0.15, -0.1) is 0 Å². The lowest BCUT2D eigenvalue weighted by molar-refractivity contribution is -0.139. The van der Waals surface area contributed by atoms with E-state index >= 15 is 0 Å². The Hall–Kier alpha value is -1.26. The first-order valence-corrected chi connectivity index (χ1v) is 5.72. The molecule has 2 amide bonds. The molecule has 0 aromatic rings. The molecule has 0 aromatic carbocycles. The lowest BCUT2D eigenvalue weighted by atomic mass is 10.0. The minimum Gasteiger partial charge on any atom is -0.480 e. The summed E-state index contributed by atoms with van der Waals surface area (Å²) in [6.45, 7) is 7.74. The van der Waals surface area contributed by atoms with Gasteiger partial charge in [0.2, 0.25) is 0 Å². The molecule has 3 N–H and O–H groups in total. The number of urea groups is 1. The summed E-state index contributed by atoms with van der Waals surface area (Å²) < 4.78 is 0. The third kappa shape index (κ3) is 5.00. The van der Waals surface area contributed by atoms with Gasteiger partial charge in [0.25, 0.3) is 0 Å². The molecule has 0 spiro atoms. The van der Waals surface area contributed by atoms with Gasteiger partial charge >= 0.3 is 12.0 Å². The number of nitrogens with one attached hydrogen (secondary N) is 2. The first-order chi connectivity index (χ1) is 7.42. The van der Waals surface area contributed by atoms with Crippen LogP contribution in [0.1, 0.15) is 40.5 Å². The highest BCUT2D eigenvalue weighted by molar-refractivity contribution is 5.82. The Morgan fingerprint density at radius 2 is 1.69 bits per heavy atom. The summed E-state index contributed by atoms with van der Waals surface area (Å²) in [6, 6.07) is -1.15. The average Bonchev–Trinajstić information content (AvgIpc) is 2.21. The molecule has 0 aliphatic heterocycles. The molecule has 0 radical (unpaired) electrons. The number of rotatable bonds is 6. The van der Waals surface area contributed by atoms with Crippen LogP contribution in [-0.2, 0) is 4.79 Å². The van der Waals surface area contributed by atoms with Gasteiger partial charge in [0.1, 0.15) is 6.04 Å². The van der Waals surface area contributed by atoms with Crippen molar-refractivity contribution in [3.8, 4) is 0 Å². The summed E-state index contributed by atoms with van der Waals surface area (Å²) in [4.78, 5) is 22.2. The van der Waals surface area contributed by atoms with Crippen molar-refractivity contribution in [1.82, 2.24) is 10.6 Å². The second-order valence-electron chi connectivity index (χ2n) is 4.18. The molecule has 0 aliphatic carbocycles. The van der Waals surface area contributed by atoms with E-state index in [0.29, 0.717) is 12.3 Å². The largest absolute Gasteiger partial charge is 0.480 e. The van der Waals surface area contributed by atoms with E-state index in [1.165, 1.54) is 0 Å². The highest BCUT2D eigenvalue weighted by Crippen LogP contribution is 2.05. The van der Waals surface area contributed by atoms with Crippen LogP contribution in [0.2, 0.25) is 0 Å². The van der Waals surface area contributed by atoms with Crippen molar-refractivity contribution < 1.29 is 14.7 Å². The SMILES string of the molecule is CCC(NC(=O)N[C@H](CC)C(=O)O)C(C)C. The molecule has 0 rings (SSSR count). The van der Waals surface area contributed by atoms with Gasteiger partial charge in [0, 0.05) is 6.04 Å². The molecule has 0 bridgehead atoms. The number of carboxylic acids is 1. The van der Waals surface area contributed by atoms with Gasteiger partial charge in [-0.1, -0.05) is 27.7 Å². The van der Waals surface area contributed by atoms with E-state index in [9.17, 15) is 9.59 Å². The highest BCUT2D eigenvalue weighted by atomic mass is 16.4. The lowest BCUT2D eigenvalue weighted by Crippen LogP contribution is -2.49. The molecule has 0 fully saturated rings. The number of hydrogen-bond donors (Lipinski definition) is 3. The number of carboxylic acid groups (broad SMARTS) is 1. The third-order valence-electron chi connectivity index (χ3n) is 2.57. The van der Waals surface area contributed by atoms with Crippen molar-refractivity contribution in [2.24, 2.45) is 5.92 Å². The summed E-state index contributed by atoms with van der Waals surface area (Å²) in [5, 5.41) is 14.0. The lowest BCUT2D eigenvalue weighted by Gasteiger charge is -2.22. The molecule has 0 aromatic heterocycles. The standard InChI is InChI=1S/C11H22N2O3/c1-5-8(7(3)4)12-11(16)13-9(6-2)10(14)15/h7-9H,5-6H2,1-4H3,(H,14,15)(H2,12,13,16)/t8?,9-/m1/s1. The highest BCUT2D eigenvalue weighted by Gasteiger charge is 2.20. The van der Waals surface area contributed by atoms with Gasteiger partial charge in [-0.25, -0.2) is 9.59 Å². The monoisotopic (exact) mass is 230 g/mol. The Morgan fingerprint density at radius 3 is 2.00 bits per heavy atom. The Kier molecular flexibility index (Phi) is 6.53. The quantitative estimate of drug-likeness (QED) is 0.648. The van der Waals surface area contributed by atoms with Crippen molar-refractivity contribution in [2.45, 2.75) is 52.6 Å². The van der Waals surface area contributed by atoms with E-state index < -0.39 is 18.0 Å². The number of amides is 2. The average molecular weight is 230 g/mol. The van der Waals surface area contributed by atoms with E-state index in [2.05, 4.69) is 10.6 Å². The molecule has 1 unspecified atom stereocenters. The van der Waals surface area contributed by atoms with E-state index in [0.717, 1.165) is 6.42 Å². The minimum atomic E-state index is -1.00. The molecule has 2 atom stereocenters. The smallest absolute Gasteiger partial charge is 0.326 e. The Morgan fingerprint density at radius 1 is 1.12 bits per heavy atom. The summed E-state index contributed by atoms with van der Waals surface area (Å²) in [7, 11) is 0. The fourth-order valence-corrected chi connectivity index (χ4v) is 1.45. The summed E-state index contributed by atoms with van der Waals surface area (Å²) in [5.74, 6) is -0.670. The molecule has 5 heteroatoms. The van der Waals surface area contributed by atoms with Crippen LogP contribution in [0.25, 0.3) is 0 Å². The fraction of sp³-hybridized carbons (Fsp3) is 0.818. The Labute approximate surface area is 96.6 Å². The third-order valence-corrected chi connectivity index (χ3v) is 2.57. The van der Waals surface area contributed by atoms with E-state index in [1.54, 1.807) is 6.92 Å². The van der Waals surface area contributed by atoms with Crippen LogP contribution in [0.5, 0.6) is 0 Å². The fourth-order valence-electron chi connectivity index (χ4n) is 1.45. The molecule has 94 valence electrons. The van der Waals surface area contributed by atoms with Gasteiger partial charge in [0.15, 0.2) is 0 Å². The van der Waals surface area contributed by atoms with Gasteiger partial charge in [-0.2, -0.15) is 0 Å². The van der Waals surface area contributed by atoms with E-state index in [-0.39, 0.29) is 6.04 Å². The minimum absolute atomic E-state index is 0.0753. The van der Waals surface area contributed by atoms with Crippen molar-refractivity contribution in [3.05, 3.63) is 0 Å². The summed E-state index contributed by atoms with van der Waals surface area (Å²) in [6.07, 6.45) is 1.20. The maximum Gasteiger partial charge on any atom is 0.326 e. The van der Waals surface area contributed by atoms with Gasteiger partial charge in [-0.3, -0.25) is 0 Å². The maximum absolute atomic E-state index is 11.5. The van der Waals surface area contributed by atoms with Crippen LogP contribution in [0.4, 0.5) is 4.79 Å². The zero-order chi connectivity index (χ0) is 12.7. The van der Waals surface area contributed by atoms with E-state index in [4.69, 9.17) is 5.11 Å². The van der Waals surface area contributed by atoms with Crippen LogP contribution in [0, 0.1) is 5.92 Å². The first-order valence-electron chi connectivity index (χ1n) is 5.72. The normalized spacial score (nSPS) is 14.3. The summed E-state index contributed by atoms with van der Waals surface area (Å²) >= 11 is 0. The van der Waals surface area contributed by atoms with Crippen LogP contribution in [0.3, 0.4) is 0 Å². The predicted octanol–water partition coefficient (Wildman–Crippen LogP) is 1.58. The predicted molar refractivity (Wildman–Crippen MR) is 62.3 cm³/mol. The van der Waals surface area contributed by atoms with Crippen molar-refractivity contribution >= 4 is 12.0 Å². The second kappa shape index (κ2) is 7.09. The van der Waals surface area contributed by atoms with Crippen LogP contribution in [0.15, 0.2) is 0 Å². The molecule has 0 heterocycles. The Bertz CT molecular complexity index is 241. The van der Waals surface area contributed by atoms with Crippen molar-refractivity contribution in [2.75, 3.05) is 0 Å². The zero-order valence-electron chi connectivity index (χ0n) is 10.4. The van der Waals surface area contributed by atoms with Crippen LogP contribution in [-0.4, -0.2) is 29.2 Å². The van der Waals surface area contributed by atoms with Gasteiger partial charge in [0.05, 0.1) is 0 Å². The van der Waals surface area contributed by atoms with E-state index in [1.807, 2.05) is 20.8 Å². The molecular formula is C11H22N2O3. The van der Waals surface area contributed by atoms with Crippen molar-refractivity contribution in [3.63, 3.8) is 0 Å². The Balaban J connectivity index is 4.20. The molecule has 5 nitrogen and oxygen atoms in total. The van der Waals surface area contributed by atoms with Gasteiger partial charge < -0.3 is 15.7 Å². The molecule has 0 saturated heterocycles. The maximum atomic E-state index is 11.5. The number of hydrogen-bond acceptors (Lipinski definition) is 2. The molecule has 0 saturated carbocycles. The first kappa shape index (κ1) is 14.7. The number of carbonyl (C=O) groups is 2. The summed E-state index contributed by atoms with van der Waals surface area (Å²) in [5.41, 5.74) is 0. The van der Waals surface area contributed by atoms with Crippen LogP contribution >= 0.6 is 0 Å². The topological polar surface area (TPSA) is 78.4 Å².